The number of nitro groups is 1. The highest BCUT2D eigenvalue weighted by atomic mass is 19.3. The van der Waals surface area contributed by atoms with Crippen molar-refractivity contribution < 1.29 is 13.7 Å². The molecular formula is C14H17F2N3O2. The van der Waals surface area contributed by atoms with Gasteiger partial charge < -0.3 is 10.2 Å². The van der Waals surface area contributed by atoms with E-state index >= 15 is 0 Å². The van der Waals surface area contributed by atoms with Crippen LogP contribution in [0.3, 0.4) is 0 Å². The summed E-state index contributed by atoms with van der Waals surface area (Å²) in [6.07, 6.45) is -2.72. The average molecular weight is 297 g/mol. The van der Waals surface area contributed by atoms with E-state index in [1.165, 1.54) is 12.1 Å². The number of benzene rings is 1. The summed E-state index contributed by atoms with van der Waals surface area (Å²) in [7, 11) is 0. The van der Waals surface area contributed by atoms with E-state index in [9.17, 15) is 18.9 Å². The number of nitrogens with one attached hydrogen (secondary N) is 1. The molecule has 2 heterocycles. The third-order valence-corrected chi connectivity index (χ3v) is 4.70. The molecule has 0 bridgehead atoms. The lowest BCUT2D eigenvalue weighted by atomic mass is 9.95. The van der Waals surface area contributed by atoms with E-state index in [1.54, 1.807) is 0 Å². The first-order valence-electron chi connectivity index (χ1n) is 7.03. The van der Waals surface area contributed by atoms with Crippen molar-refractivity contribution in [1.82, 2.24) is 5.32 Å². The predicted octanol–water partition coefficient (Wildman–Crippen LogP) is 2.58. The van der Waals surface area contributed by atoms with E-state index in [0.717, 1.165) is 25.7 Å². The first-order chi connectivity index (χ1) is 9.99. The van der Waals surface area contributed by atoms with E-state index in [2.05, 4.69) is 5.32 Å². The predicted molar refractivity (Wildman–Crippen MR) is 74.7 cm³/mol. The van der Waals surface area contributed by atoms with Crippen LogP contribution in [-0.4, -0.2) is 30.6 Å². The molecule has 3 atom stereocenters. The molecule has 1 aromatic carbocycles. The number of anilines is 1. The van der Waals surface area contributed by atoms with Crippen molar-refractivity contribution >= 4 is 11.4 Å². The molecule has 114 valence electrons. The largest absolute Gasteiger partial charge is 0.368 e. The highest BCUT2D eigenvalue weighted by molar-refractivity contribution is 5.60. The van der Waals surface area contributed by atoms with Crippen molar-refractivity contribution in [2.75, 3.05) is 24.5 Å². The smallest absolute Gasteiger partial charge is 0.270 e. The number of non-ortho nitro benzene ring substituents is 1. The number of nitrogens with zero attached hydrogens (tertiary/aromatic N) is 2. The zero-order valence-corrected chi connectivity index (χ0v) is 11.6. The van der Waals surface area contributed by atoms with Crippen LogP contribution in [0.4, 0.5) is 20.2 Å². The summed E-state index contributed by atoms with van der Waals surface area (Å²) in [6, 6.07) is 3.92. The lowest BCUT2D eigenvalue weighted by molar-refractivity contribution is -0.385. The van der Waals surface area contributed by atoms with Gasteiger partial charge in [0.05, 0.1) is 4.92 Å². The van der Waals surface area contributed by atoms with Gasteiger partial charge in [-0.3, -0.25) is 10.1 Å². The third-order valence-electron chi connectivity index (χ3n) is 4.70. The third kappa shape index (κ3) is 2.35. The first kappa shape index (κ1) is 14.2. The molecule has 2 aliphatic rings. The quantitative estimate of drug-likeness (QED) is 0.688. The standard InChI is InChI=1S/C14H17F2N3O2/c1-8-12-6-17-5-9(12)7-18(8)13-3-2-10(19(20)21)4-11(13)14(15)16/h2-4,8-9,12,14,17H,5-7H2,1H3. The molecule has 0 radical (unpaired) electrons. The average Bonchev–Trinajstić information content (AvgIpc) is 3.01. The maximum atomic E-state index is 13.3. The van der Waals surface area contributed by atoms with Crippen LogP contribution >= 0.6 is 0 Å². The minimum absolute atomic E-state index is 0.156. The van der Waals surface area contributed by atoms with Crippen LogP contribution in [0.5, 0.6) is 0 Å². The Labute approximate surface area is 121 Å². The molecule has 0 spiro atoms. The van der Waals surface area contributed by atoms with Gasteiger partial charge >= 0.3 is 0 Å². The molecule has 2 fully saturated rings. The highest BCUT2D eigenvalue weighted by Gasteiger charge is 2.42. The second kappa shape index (κ2) is 5.22. The number of hydrogen-bond donors (Lipinski definition) is 1. The molecule has 0 saturated carbocycles. The van der Waals surface area contributed by atoms with Crippen molar-refractivity contribution in [3.05, 3.63) is 33.9 Å². The Kier molecular flexibility index (Phi) is 3.52. The highest BCUT2D eigenvalue weighted by Crippen LogP contribution is 2.40. The molecule has 21 heavy (non-hydrogen) atoms. The van der Waals surface area contributed by atoms with E-state index in [0.29, 0.717) is 17.5 Å². The summed E-state index contributed by atoms with van der Waals surface area (Å²) in [4.78, 5) is 12.1. The fourth-order valence-electron chi connectivity index (χ4n) is 3.58. The summed E-state index contributed by atoms with van der Waals surface area (Å²) < 4.78 is 26.6. The SMILES string of the molecule is CC1C2CNCC2CN1c1ccc([N+](=O)[O-])cc1C(F)F. The van der Waals surface area contributed by atoms with Crippen molar-refractivity contribution in [2.24, 2.45) is 11.8 Å². The van der Waals surface area contributed by atoms with Gasteiger partial charge in [-0.15, -0.1) is 0 Å². The van der Waals surface area contributed by atoms with Gasteiger partial charge in [0.25, 0.3) is 12.1 Å². The first-order valence-corrected chi connectivity index (χ1v) is 7.03. The van der Waals surface area contributed by atoms with Crippen molar-refractivity contribution in [1.29, 1.82) is 0 Å². The Morgan fingerprint density at radius 1 is 1.43 bits per heavy atom. The monoisotopic (exact) mass is 297 g/mol. The molecule has 2 saturated heterocycles. The fourth-order valence-corrected chi connectivity index (χ4v) is 3.58. The molecule has 0 amide bonds. The van der Waals surface area contributed by atoms with Crippen molar-refractivity contribution in [3.63, 3.8) is 0 Å². The maximum absolute atomic E-state index is 13.3. The van der Waals surface area contributed by atoms with Crippen LogP contribution in [-0.2, 0) is 0 Å². The summed E-state index contributed by atoms with van der Waals surface area (Å²) >= 11 is 0. The molecule has 2 aliphatic heterocycles. The second-order valence-electron chi connectivity index (χ2n) is 5.78. The van der Waals surface area contributed by atoms with E-state index in [-0.39, 0.29) is 17.3 Å². The number of rotatable bonds is 3. The number of fused-ring (bicyclic) bond motifs is 1. The minimum Gasteiger partial charge on any atom is -0.368 e. The zero-order chi connectivity index (χ0) is 15.1. The summed E-state index contributed by atoms with van der Waals surface area (Å²) in [5.74, 6) is 0.909. The van der Waals surface area contributed by atoms with Gasteiger partial charge in [0.2, 0.25) is 0 Å². The lowest BCUT2D eigenvalue weighted by Gasteiger charge is -2.28. The number of alkyl halides is 2. The van der Waals surface area contributed by atoms with Crippen LogP contribution in [0, 0.1) is 22.0 Å². The summed E-state index contributed by atoms with van der Waals surface area (Å²) in [5, 5.41) is 14.1. The number of nitro benzene ring substituents is 1. The van der Waals surface area contributed by atoms with Gasteiger partial charge in [-0.05, 0) is 24.8 Å². The van der Waals surface area contributed by atoms with Crippen LogP contribution in [0.2, 0.25) is 0 Å². The molecule has 3 rings (SSSR count). The zero-order valence-electron chi connectivity index (χ0n) is 11.6. The Hall–Kier alpha value is -1.76. The molecular weight excluding hydrogens is 280 g/mol. The van der Waals surface area contributed by atoms with Crippen LogP contribution in [0.25, 0.3) is 0 Å². The Morgan fingerprint density at radius 2 is 2.19 bits per heavy atom. The fraction of sp³-hybridized carbons (Fsp3) is 0.571. The lowest BCUT2D eigenvalue weighted by Crippen LogP contribution is -2.33. The molecule has 5 nitrogen and oxygen atoms in total. The minimum atomic E-state index is -2.72. The normalized spacial score (nSPS) is 28.2. The summed E-state index contributed by atoms with van der Waals surface area (Å²) in [5.41, 5.74) is -0.107. The van der Waals surface area contributed by atoms with Crippen molar-refractivity contribution in [2.45, 2.75) is 19.4 Å². The van der Waals surface area contributed by atoms with Crippen LogP contribution in [0.1, 0.15) is 18.9 Å². The van der Waals surface area contributed by atoms with Gasteiger partial charge in [-0.25, -0.2) is 8.78 Å². The van der Waals surface area contributed by atoms with Gasteiger partial charge in [0.1, 0.15) is 0 Å². The molecule has 1 N–H and O–H groups in total. The maximum Gasteiger partial charge on any atom is 0.270 e. The van der Waals surface area contributed by atoms with Crippen LogP contribution in [0.15, 0.2) is 18.2 Å². The Bertz CT molecular complexity index is 567. The molecule has 0 aromatic heterocycles. The van der Waals surface area contributed by atoms with Crippen molar-refractivity contribution in [3.8, 4) is 0 Å². The number of halogens is 2. The Morgan fingerprint density at radius 3 is 2.81 bits per heavy atom. The topological polar surface area (TPSA) is 58.4 Å². The van der Waals surface area contributed by atoms with E-state index < -0.39 is 11.3 Å². The number of hydrogen-bond acceptors (Lipinski definition) is 4. The van der Waals surface area contributed by atoms with Gasteiger partial charge in [0.15, 0.2) is 0 Å². The molecule has 0 aliphatic carbocycles. The van der Waals surface area contributed by atoms with Crippen LogP contribution < -0.4 is 10.2 Å². The molecule has 7 heteroatoms. The Balaban J connectivity index is 1.96. The molecule has 1 aromatic rings. The summed E-state index contributed by atoms with van der Waals surface area (Å²) in [6.45, 7) is 4.56. The van der Waals surface area contributed by atoms with Gasteiger partial charge in [-0.1, -0.05) is 0 Å². The van der Waals surface area contributed by atoms with E-state index in [1.807, 2.05) is 11.8 Å². The second-order valence-corrected chi connectivity index (χ2v) is 5.78. The van der Waals surface area contributed by atoms with Gasteiger partial charge in [-0.2, -0.15) is 0 Å². The van der Waals surface area contributed by atoms with Gasteiger partial charge in [0, 0.05) is 49.1 Å². The molecule has 3 unspecified atom stereocenters. The van der Waals surface area contributed by atoms with E-state index in [4.69, 9.17) is 0 Å².